The summed E-state index contributed by atoms with van der Waals surface area (Å²) in [6.45, 7) is 0. The molecule has 2 aromatic carbocycles. The number of methoxy groups -OCH3 is 1. The van der Waals surface area contributed by atoms with Crippen LogP contribution in [0.25, 0.3) is 0 Å². The molecule has 5 heteroatoms. The van der Waals surface area contributed by atoms with E-state index < -0.39 is 0 Å². The van der Waals surface area contributed by atoms with Gasteiger partial charge in [-0.1, -0.05) is 0 Å². The van der Waals surface area contributed by atoms with E-state index in [2.05, 4.69) is 15.9 Å². The fraction of sp³-hybridized carbons (Fsp3) is 0.0769. The number of ether oxygens (including phenoxy) is 2. The average molecular weight is 312 g/mol. The zero-order valence-electron chi connectivity index (χ0n) is 9.61. The molecule has 0 bridgehead atoms. The first-order valence-electron chi connectivity index (χ1n) is 5.16. The second-order valence-corrected chi connectivity index (χ2v) is 4.44. The third kappa shape index (κ3) is 2.73. The lowest BCUT2D eigenvalue weighted by Gasteiger charge is -2.10. The van der Waals surface area contributed by atoms with Gasteiger partial charge in [0.1, 0.15) is 17.3 Å². The Labute approximate surface area is 112 Å². The minimum atomic E-state index is -0.343. The molecule has 2 N–H and O–H groups in total. The van der Waals surface area contributed by atoms with Crippen molar-refractivity contribution in [3.63, 3.8) is 0 Å². The van der Waals surface area contributed by atoms with E-state index in [0.717, 1.165) is 0 Å². The molecule has 18 heavy (non-hydrogen) atoms. The van der Waals surface area contributed by atoms with Crippen LogP contribution in [0.2, 0.25) is 0 Å². The lowest BCUT2D eigenvalue weighted by atomic mass is 10.2. The maximum Gasteiger partial charge on any atom is 0.150 e. The van der Waals surface area contributed by atoms with Crippen molar-refractivity contribution in [1.82, 2.24) is 0 Å². The Morgan fingerprint density at radius 3 is 2.44 bits per heavy atom. The Hall–Kier alpha value is -1.75. The Morgan fingerprint density at radius 1 is 1.11 bits per heavy atom. The Morgan fingerprint density at radius 2 is 1.83 bits per heavy atom. The molecule has 0 aliphatic heterocycles. The van der Waals surface area contributed by atoms with E-state index >= 15 is 0 Å². The van der Waals surface area contributed by atoms with E-state index in [1.807, 2.05) is 0 Å². The highest BCUT2D eigenvalue weighted by atomic mass is 79.9. The zero-order valence-corrected chi connectivity index (χ0v) is 11.2. The molecule has 3 nitrogen and oxygen atoms in total. The van der Waals surface area contributed by atoms with Crippen LogP contribution in [0, 0.1) is 5.82 Å². The summed E-state index contributed by atoms with van der Waals surface area (Å²) in [5.41, 5.74) is 6.28. The molecular weight excluding hydrogens is 301 g/mol. The minimum Gasteiger partial charge on any atom is -0.497 e. The van der Waals surface area contributed by atoms with Gasteiger partial charge in [0, 0.05) is 6.07 Å². The number of rotatable bonds is 3. The molecule has 0 saturated heterocycles. The van der Waals surface area contributed by atoms with Crippen molar-refractivity contribution < 1.29 is 13.9 Å². The average Bonchev–Trinajstić information content (AvgIpc) is 2.36. The molecule has 2 rings (SSSR count). The highest BCUT2D eigenvalue weighted by molar-refractivity contribution is 9.10. The van der Waals surface area contributed by atoms with Crippen LogP contribution in [0.15, 0.2) is 40.9 Å². The summed E-state index contributed by atoms with van der Waals surface area (Å²) in [4.78, 5) is 0. The molecule has 0 aliphatic rings. The van der Waals surface area contributed by atoms with Gasteiger partial charge >= 0.3 is 0 Å². The molecule has 2 aromatic rings. The Balaban J connectivity index is 2.25. The van der Waals surface area contributed by atoms with Gasteiger partial charge in [0.25, 0.3) is 0 Å². The van der Waals surface area contributed by atoms with Crippen molar-refractivity contribution in [3.8, 4) is 17.2 Å². The Kier molecular flexibility index (Phi) is 3.72. The number of hydrogen-bond donors (Lipinski definition) is 1. The SMILES string of the molecule is COc1ccc(Oc2ccc(F)c(Br)c2)c(N)c1. The predicted octanol–water partition coefficient (Wildman–Crippen LogP) is 3.97. The second-order valence-electron chi connectivity index (χ2n) is 3.58. The van der Waals surface area contributed by atoms with Gasteiger partial charge in [0.2, 0.25) is 0 Å². The van der Waals surface area contributed by atoms with Crippen molar-refractivity contribution in [1.29, 1.82) is 0 Å². The van der Waals surface area contributed by atoms with Crippen LogP contribution in [0.1, 0.15) is 0 Å². The van der Waals surface area contributed by atoms with Crippen molar-refractivity contribution in [3.05, 3.63) is 46.7 Å². The summed E-state index contributed by atoms with van der Waals surface area (Å²) < 4.78 is 24.0. The molecule has 0 saturated carbocycles. The standard InChI is InChI=1S/C13H11BrFNO2/c1-17-8-3-5-13(12(16)7-8)18-9-2-4-11(15)10(14)6-9/h2-7H,16H2,1H3. The lowest BCUT2D eigenvalue weighted by Crippen LogP contribution is -1.93. The second kappa shape index (κ2) is 5.27. The van der Waals surface area contributed by atoms with Crippen LogP contribution < -0.4 is 15.2 Å². The van der Waals surface area contributed by atoms with E-state index in [1.54, 1.807) is 31.4 Å². The molecule has 94 valence electrons. The molecular formula is C13H11BrFNO2. The van der Waals surface area contributed by atoms with Gasteiger partial charge in [-0.15, -0.1) is 0 Å². The maximum atomic E-state index is 13.1. The number of benzene rings is 2. The summed E-state index contributed by atoms with van der Waals surface area (Å²) in [6.07, 6.45) is 0. The van der Waals surface area contributed by atoms with Crippen LogP contribution in [-0.2, 0) is 0 Å². The first-order chi connectivity index (χ1) is 8.60. The normalized spacial score (nSPS) is 10.2. The van der Waals surface area contributed by atoms with Crippen molar-refractivity contribution >= 4 is 21.6 Å². The molecule has 0 heterocycles. The van der Waals surface area contributed by atoms with Crippen LogP contribution >= 0.6 is 15.9 Å². The number of halogens is 2. The molecule has 0 unspecified atom stereocenters. The van der Waals surface area contributed by atoms with E-state index in [0.29, 0.717) is 27.4 Å². The van der Waals surface area contributed by atoms with Crippen LogP contribution in [0.4, 0.5) is 10.1 Å². The summed E-state index contributed by atoms with van der Waals surface area (Å²) in [5, 5.41) is 0. The monoisotopic (exact) mass is 311 g/mol. The molecule has 0 spiro atoms. The van der Waals surface area contributed by atoms with Gasteiger partial charge in [0.05, 0.1) is 17.3 Å². The third-order valence-electron chi connectivity index (χ3n) is 2.34. The van der Waals surface area contributed by atoms with Gasteiger partial charge in [-0.25, -0.2) is 4.39 Å². The van der Waals surface area contributed by atoms with Crippen molar-refractivity contribution in [2.75, 3.05) is 12.8 Å². The highest BCUT2D eigenvalue weighted by Gasteiger charge is 2.06. The number of nitrogen functional groups attached to an aromatic ring is 1. The fourth-order valence-corrected chi connectivity index (χ4v) is 1.77. The summed E-state index contributed by atoms with van der Waals surface area (Å²) in [6, 6.07) is 9.49. The Bertz CT molecular complexity index is 575. The van der Waals surface area contributed by atoms with Crippen LogP contribution in [0.5, 0.6) is 17.2 Å². The maximum absolute atomic E-state index is 13.1. The number of nitrogens with two attached hydrogens (primary N) is 1. The molecule has 0 radical (unpaired) electrons. The van der Waals surface area contributed by atoms with Crippen LogP contribution in [0.3, 0.4) is 0 Å². The molecule has 0 amide bonds. The number of anilines is 1. The minimum absolute atomic E-state index is 0.340. The first-order valence-corrected chi connectivity index (χ1v) is 5.96. The molecule has 0 atom stereocenters. The number of hydrogen-bond acceptors (Lipinski definition) is 3. The third-order valence-corrected chi connectivity index (χ3v) is 2.94. The topological polar surface area (TPSA) is 44.5 Å². The first kappa shape index (κ1) is 12.7. The van der Waals surface area contributed by atoms with E-state index in [-0.39, 0.29) is 5.82 Å². The van der Waals surface area contributed by atoms with Crippen LogP contribution in [-0.4, -0.2) is 7.11 Å². The van der Waals surface area contributed by atoms with Gasteiger partial charge in [-0.3, -0.25) is 0 Å². The van der Waals surface area contributed by atoms with Crippen molar-refractivity contribution in [2.24, 2.45) is 0 Å². The van der Waals surface area contributed by atoms with Gasteiger partial charge in [0.15, 0.2) is 5.75 Å². The molecule has 0 aliphatic carbocycles. The quantitative estimate of drug-likeness (QED) is 0.872. The van der Waals surface area contributed by atoms with E-state index in [4.69, 9.17) is 15.2 Å². The summed E-state index contributed by atoms with van der Waals surface area (Å²) >= 11 is 3.09. The van der Waals surface area contributed by atoms with Gasteiger partial charge in [-0.05, 0) is 46.3 Å². The van der Waals surface area contributed by atoms with Gasteiger partial charge in [-0.2, -0.15) is 0 Å². The largest absolute Gasteiger partial charge is 0.497 e. The fourth-order valence-electron chi connectivity index (χ4n) is 1.41. The smallest absolute Gasteiger partial charge is 0.150 e. The zero-order chi connectivity index (χ0) is 13.1. The van der Waals surface area contributed by atoms with Crippen molar-refractivity contribution in [2.45, 2.75) is 0 Å². The molecule has 0 fully saturated rings. The van der Waals surface area contributed by atoms with E-state index in [1.165, 1.54) is 12.1 Å². The molecule has 0 aromatic heterocycles. The predicted molar refractivity (Wildman–Crippen MR) is 71.6 cm³/mol. The van der Waals surface area contributed by atoms with E-state index in [9.17, 15) is 4.39 Å². The summed E-state index contributed by atoms with van der Waals surface area (Å²) in [5.74, 6) is 1.31. The highest BCUT2D eigenvalue weighted by Crippen LogP contribution is 2.32. The lowest BCUT2D eigenvalue weighted by molar-refractivity contribution is 0.413. The summed E-state index contributed by atoms with van der Waals surface area (Å²) in [7, 11) is 1.56. The van der Waals surface area contributed by atoms with Gasteiger partial charge < -0.3 is 15.2 Å².